The molecule has 6 aromatic rings. The van der Waals surface area contributed by atoms with Crippen molar-refractivity contribution >= 4 is 40.1 Å². The van der Waals surface area contributed by atoms with E-state index in [2.05, 4.69) is 20.3 Å². The van der Waals surface area contributed by atoms with Crippen molar-refractivity contribution in [3.63, 3.8) is 0 Å². The number of benzene rings is 3. The van der Waals surface area contributed by atoms with Crippen LogP contribution in [0.1, 0.15) is 11.1 Å². The molecule has 204 valence electrons. The van der Waals surface area contributed by atoms with E-state index >= 15 is 0 Å². The molecule has 41 heavy (non-hydrogen) atoms. The molecule has 0 aliphatic heterocycles. The minimum Gasteiger partial charge on any atom is -0.497 e. The Bertz CT molecular complexity index is 1800. The molecule has 0 radical (unpaired) electrons. The highest BCUT2D eigenvalue weighted by Crippen LogP contribution is 2.38. The summed E-state index contributed by atoms with van der Waals surface area (Å²) in [7, 11) is 1.64. The van der Waals surface area contributed by atoms with Crippen molar-refractivity contribution in [1.29, 1.82) is 0 Å². The molecule has 3 N–H and O–H groups in total. The number of methoxy groups -OCH3 is 1. The van der Waals surface area contributed by atoms with E-state index in [1.54, 1.807) is 38.0 Å². The van der Waals surface area contributed by atoms with E-state index in [0.717, 1.165) is 33.7 Å². The van der Waals surface area contributed by atoms with Crippen LogP contribution in [0, 0.1) is 6.92 Å². The third-order valence-corrected chi connectivity index (χ3v) is 6.84. The number of ether oxygens (including phenoxy) is 2. The van der Waals surface area contributed by atoms with E-state index in [1.807, 2.05) is 72.2 Å². The largest absolute Gasteiger partial charge is 0.497 e. The monoisotopic (exact) mass is 563 g/mol. The third kappa shape index (κ3) is 5.61. The quantitative estimate of drug-likeness (QED) is 0.190. The molecule has 0 bridgehead atoms. The zero-order chi connectivity index (χ0) is 28.3. The van der Waals surface area contributed by atoms with E-state index in [4.69, 9.17) is 31.8 Å². The number of halogens is 1. The second kappa shape index (κ2) is 11.1. The number of nitrogens with zero attached hydrogens (tertiary/aromatic N) is 5. The first-order valence-electron chi connectivity index (χ1n) is 12.8. The summed E-state index contributed by atoms with van der Waals surface area (Å²) in [6.07, 6.45) is 5.23. The number of hydrogen-bond donors (Lipinski definition) is 2. The number of anilines is 3. The number of pyridine rings is 1. The first-order chi connectivity index (χ1) is 20.0. The van der Waals surface area contributed by atoms with Gasteiger partial charge in [-0.25, -0.2) is 4.98 Å². The maximum atomic E-state index is 6.80. The van der Waals surface area contributed by atoms with Crippen molar-refractivity contribution < 1.29 is 9.47 Å². The van der Waals surface area contributed by atoms with E-state index < -0.39 is 0 Å². The van der Waals surface area contributed by atoms with Gasteiger partial charge in [0.1, 0.15) is 5.75 Å². The van der Waals surface area contributed by atoms with Crippen LogP contribution >= 0.6 is 11.6 Å². The molecule has 0 aliphatic carbocycles. The van der Waals surface area contributed by atoms with Crippen molar-refractivity contribution in [2.45, 2.75) is 13.5 Å². The maximum absolute atomic E-state index is 6.80. The van der Waals surface area contributed by atoms with Gasteiger partial charge in [-0.3, -0.25) is 4.98 Å². The second-order valence-corrected chi connectivity index (χ2v) is 9.84. The number of imidazole rings is 1. The number of rotatable bonds is 8. The number of hydrogen-bond acceptors (Lipinski definition) is 8. The fourth-order valence-corrected chi connectivity index (χ4v) is 4.79. The van der Waals surface area contributed by atoms with Crippen LogP contribution in [-0.4, -0.2) is 31.6 Å². The molecule has 0 unspecified atom stereocenters. The third-order valence-electron chi connectivity index (χ3n) is 6.56. The first-order valence-corrected chi connectivity index (χ1v) is 13.2. The molecule has 0 amide bonds. The van der Waals surface area contributed by atoms with Crippen molar-refractivity contribution in [1.82, 2.24) is 24.5 Å². The Balaban J connectivity index is 1.41. The van der Waals surface area contributed by atoms with Gasteiger partial charge >= 0.3 is 0 Å². The molecule has 0 saturated carbocycles. The summed E-state index contributed by atoms with van der Waals surface area (Å²) < 4.78 is 13.7. The molecular formula is C31H26ClN7O2. The van der Waals surface area contributed by atoms with Gasteiger partial charge in [0.2, 0.25) is 5.95 Å². The molecule has 0 aliphatic rings. The zero-order valence-corrected chi connectivity index (χ0v) is 23.1. The Morgan fingerprint density at radius 1 is 0.927 bits per heavy atom. The number of aromatic nitrogens is 5. The highest BCUT2D eigenvalue weighted by atomic mass is 35.5. The van der Waals surface area contributed by atoms with E-state index in [1.165, 1.54) is 0 Å². The van der Waals surface area contributed by atoms with E-state index in [9.17, 15) is 0 Å². The lowest BCUT2D eigenvalue weighted by Crippen LogP contribution is -2.04. The standard InChI is InChI=1S/C31H26ClN7O2/c1-19-15-22(21-11-13-34-14-12-21)16-26(32)28(19)41-30-27-29(37-31(38-30)36-24-7-5-23(33)6-8-24)35-18-39(27)17-20-3-9-25(40-2)10-4-20/h3-16,18H,17,33H2,1-2H3,(H,36,37,38). The van der Waals surface area contributed by atoms with Crippen LogP contribution in [0.4, 0.5) is 17.3 Å². The van der Waals surface area contributed by atoms with Crippen LogP contribution in [0.2, 0.25) is 5.02 Å². The summed E-state index contributed by atoms with van der Waals surface area (Å²) in [5, 5.41) is 3.68. The molecule has 3 aromatic carbocycles. The van der Waals surface area contributed by atoms with Gasteiger partial charge < -0.3 is 25.1 Å². The molecule has 3 heterocycles. The summed E-state index contributed by atoms with van der Waals surface area (Å²) in [6, 6.07) is 22.9. The summed E-state index contributed by atoms with van der Waals surface area (Å²) in [5.74, 6) is 1.94. The fourth-order valence-electron chi connectivity index (χ4n) is 4.48. The van der Waals surface area contributed by atoms with Gasteiger partial charge in [0.25, 0.3) is 5.88 Å². The number of fused-ring (bicyclic) bond motifs is 1. The Morgan fingerprint density at radius 2 is 1.68 bits per heavy atom. The molecule has 3 aromatic heterocycles. The predicted octanol–water partition coefficient (Wildman–Crippen LogP) is 7.03. The molecule has 0 spiro atoms. The molecule has 0 fully saturated rings. The zero-order valence-electron chi connectivity index (χ0n) is 22.4. The summed E-state index contributed by atoms with van der Waals surface area (Å²) in [5.41, 5.74) is 12.3. The molecule has 6 rings (SSSR count). The van der Waals surface area contributed by atoms with Crippen LogP contribution in [-0.2, 0) is 6.54 Å². The summed E-state index contributed by atoms with van der Waals surface area (Å²) in [4.78, 5) is 18.1. The lowest BCUT2D eigenvalue weighted by Gasteiger charge is -2.15. The molecule has 9 nitrogen and oxygen atoms in total. The molecule has 0 saturated heterocycles. The summed E-state index contributed by atoms with van der Waals surface area (Å²) >= 11 is 6.80. The van der Waals surface area contributed by atoms with Crippen LogP contribution < -0.4 is 20.5 Å². The van der Waals surface area contributed by atoms with Gasteiger partial charge in [-0.1, -0.05) is 23.7 Å². The maximum Gasteiger partial charge on any atom is 0.250 e. The van der Waals surface area contributed by atoms with Crippen molar-refractivity contribution in [3.05, 3.63) is 108 Å². The van der Waals surface area contributed by atoms with E-state index in [0.29, 0.717) is 46.0 Å². The van der Waals surface area contributed by atoms with E-state index in [-0.39, 0.29) is 0 Å². The van der Waals surface area contributed by atoms with Crippen molar-refractivity contribution in [2.24, 2.45) is 0 Å². The molecule has 0 atom stereocenters. The van der Waals surface area contributed by atoms with Crippen LogP contribution in [0.15, 0.2) is 91.5 Å². The van der Waals surface area contributed by atoms with Gasteiger partial charge in [-0.15, -0.1) is 0 Å². The van der Waals surface area contributed by atoms with Gasteiger partial charge in [0, 0.05) is 30.3 Å². The van der Waals surface area contributed by atoms with Crippen LogP contribution in [0.25, 0.3) is 22.3 Å². The Kier molecular flexibility index (Phi) is 7.09. The average Bonchev–Trinajstić information content (AvgIpc) is 3.39. The minimum atomic E-state index is 0.320. The minimum absolute atomic E-state index is 0.320. The molecule has 10 heteroatoms. The smallest absolute Gasteiger partial charge is 0.250 e. The predicted molar refractivity (Wildman–Crippen MR) is 161 cm³/mol. The topological polar surface area (TPSA) is 113 Å². The Labute approximate surface area is 241 Å². The lowest BCUT2D eigenvalue weighted by atomic mass is 10.0. The number of nitrogens with two attached hydrogens (primary N) is 1. The van der Waals surface area contributed by atoms with Gasteiger partial charge in [0.05, 0.1) is 18.5 Å². The average molecular weight is 564 g/mol. The normalized spacial score (nSPS) is 11.0. The van der Waals surface area contributed by atoms with Crippen molar-refractivity contribution in [2.75, 3.05) is 18.2 Å². The van der Waals surface area contributed by atoms with Crippen LogP contribution in [0.3, 0.4) is 0 Å². The SMILES string of the molecule is COc1ccc(Cn2cnc3nc(Nc4ccc(N)cc4)nc(Oc4c(C)cc(-c5ccncc5)cc4Cl)c32)cc1. The fraction of sp³-hybridized carbons (Fsp3) is 0.0968. The van der Waals surface area contributed by atoms with Gasteiger partial charge in [-0.2, -0.15) is 9.97 Å². The first kappa shape index (κ1) is 26.1. The van der Waals surface area contributed by atoms with Gasteiger partial charge in [0.15, 0.2) is 16.9 Å². The highest BCUT2D eigenvalue weighted by Gasteiger charge is 2.19. The van der Waals surface area contributed by atoms with Crippen molar-refractivity contribution in [3.8, 4) is 28.5 Å². The summed E-state index contributed by atoms with van der Waals surface area (Å²) in [6.45, 7) is 2.48. The second-order valence-electron chi connectivity index (χ2n) is 9.43. The number of nitrogens with one attached hydrogen (secondary N) is 1. The van der Waals surface area contributed by atoms with Crippen LogP contribution in [0.5, 0.6) is 17.4 Å². The lowest BCUT2D eigenvalue weighted by molar-refractivity contribution is 0.414. The Hall–Kier alpha value is -5.15. The molecular weight excluding hydrogens is 538 g/mol. The van der Waals surface area contributed by atoms with Gasteiger partial charge in [-0.05, 0) is 89.8 Å². The Morgan fingerprint density at radius 3 is 2.39 bits per heavy atom. The number of nitrogen functional groups attached to an aromatic ring is 1. The highest BCUT2D eigenvalue weighted by molar-refractivity contribution is 6.32. The number of aryl methyl sites for hydroxylation is 1.